The molecule has 1 fully saturated rings. The van der Waals surface area contributed by atoms with E-state index in [-0.39, 0.29) is 0 Å². The largest absolute Gasteiger partial charge is 0.481 e. The van der Waals surface area contributed by atoms with Gasteiger partial charge in [-0.1, -0.05) is 19.3 Å². The highest BCUT2D eigenvalue weighted by atomic mass is 16.4. The summed E-state index contributed by atoms with van der Waals surface area (Å²) in [6.07, 6.45) is 8.19. The van der Waals surface area contributed by atoms with Crippen molar-refractivity contribution in [3.05, 3.63) is 0 Å². The van der Waals surface area contributed by atoms with E-state index in [0.717, 1.165) is 32.4 Å². The summed E-state index contributed by atoms with van der Waals surface area (Å²) in [5.41, 5.74) is 5.93. The molecule has 0 saturated carbocycles. The number of hydrogen-bond acceptors (Lipinski definition) is 3. The van der Waals surface area contributed by atoms with Gasteiger partial charge in [-0.3, -0.25) is 4.79 Å². The van der Waals surface area contributed by atoms with Crippen LogP contribution in [-0.2, 0) is 4.79 Å². The van der Waals surface area contributed by atoms with Crippen LogP contribution in [0.5, 0.6) is 0 Å². The van der Waals surface area contributed by atoms with Gasteiger partial charge in [-0.25, -0.2) is 0 Å². The number of unbranched alkanes of at least 4 members (excludes halogenated alkanes) is 4. The molecule has 1 rings (SSSR count). The topological polar surface area (TPSA) is 66.6 Å². The maximum atomic E-state index is 10.3. The van der Waals surface area contributed by atoms with Gasteiger partial charge in [0.2, 0.25) is 0 Å². The molecule has 1 saturated heterocycles. The Morgan fingerprint density at radius 1 is 1.24 bits per heavy atom. The van der Waals surface area contributed by atoms with E-state index in [0.29, 0.717) is 12.5 Å². The maximum Gasteiger partial charge on any atom is 0.303 e. The van der Waals surface area contributed by atoms with Crippen LogP contribution in [0.25, 0.3) is 0 Å². The quantitative estimate of drug-likeness (QED) is 0.637. The average molecular weight is 242 g/mol. The second-order valence-corrected chi connectivity index (χ2v) is 5.11. The SMILES string of the molecule is N[C@@H]1CCCN(CCCCCCCC(=O)O)C1. The van der Waals surface area contributed by atoms with Crippen molar-refractivity contribution < 1.29 is 9.90 Å². The van der Waals surface area contributed by atoms with Crippen LogP contribution < -0.4 is 5.73 Å². The lowest BCUT2D eigenvalue weighted by atomic mass is 10.1. The molecule has 100 valence electrons. The Balaban J connectivity index is 1.88. The second kappa shape index (κ2) is 8.48. The molecular weight excluding hydrogens is 216 g/mol. The van der Waals surface area contributed by atoms with E-state index >= 15 is 0 Å². The van der Waals surface area contributed by atoms with Crippen molar-refractivity contribution in [3.63, 3.8) is 0 Å². The number of piperidine rings is 1. The van der Waals surface area contributed by atoms with Gasteiger partial charge >= 0.3 is 5.97 Å². The number of carboxylic acid groups (broad SMARTS) is 1. The van der Waals surface area contributed by atoms with Crippen LogP contribution in [0.2, 0.25) is 0 Å². The standard InChI is InChI=1S/C13H26N2O2/c14-12-7-6-10-15(11-12)9-5-3-1-2-4-8-13(16)17/h12H,1-11,14H2,(H,16,17)/t12-/m1/s1. The second-order valence-electron chi connectivity index (χ2n) is 5.11. The summed E-state index contributed by atoms with van der Waals surface area (Å²) in [6, 6.07) is 0.374. The molecule has 4 nitrogen and oxygen atoms in total. The van der Waals surface area contributed by atoms with Crippen molar-refractivity contribution in [1.82, 2.24) is 4.90 Å². The molecule has 0 aromatic rings. The van der Waals surface area contributed by atoms with E-state index in [1.807, 2.05) is 0 Å². The number of rotatable bonds is 8. The van der Waals surface area contributed by atoms with Crippen LogP contribution in [0.4, 0.5) is 0 Å². The lowest BCUT2D eigenvalue weighted by Crippen LogP contribution is -2.43. The number of hydrogen-bond donors (Lipinski definition) is 2. The zero-order valence-electron chi connectivity index (χ0n) is 10.7. The molecule has 0 aromatic carbocycles. The smallest absolute Gasteiger partial charge is 0.303 e. The molecule has 0 bridgehead atoms. The van der Waals surface area contributed by atoms with Gasteiger partial charge in [0.1, 0.15) is 0 Å². The van der Waals surface area contributed by atoms with E-state index in [4.69, 9.17) is 10.8 Å². The maximum absolute atomic E-state index is 10.3. The minimum Gasteiger partial charge on any atom is -0.481 e. The van der Waals surface area contributed by atoms with Gasteiger partial charge < -0.3 is 15.7 Å². The van der Waals surface area contributed by atoms with Gasteiger partial charge in [0.15, 0.2) is 0 Å². The van der Waals surface area contributed by atoms with Crippen LogP contribution in [-0.4, -0.2) is 41.7 Å². The Labute approximate surface area is 104 Å². The highest BCUT2D eigenvalue weighted by Crippen LogP contribution is 2.11. The van der Waals surface area contributed by atoms with Gasteiger partial charge in [-0.05, 0) is 38.8 Å². The third kappa shape index (κ3) is 7.34. The van der Waals surface area contributed by atoms with Crippen LogP contribution in [0.1, 0.15) is 51.4 Å². The molecule has 4 heteroatoms. The molecule has 0 aliphatic carbocycles. The number of nitrogens with zero attached hydrogens (tertiary/aromatic N) is 1. The van der Waals surface area contributed by atoms with Gasteiger partial charge in [0.25, 0.3) is 0 Å². The molecule has 1 aliphatic heterocycles. The van der Waals surface area contributed by atoms with Crippen molar-refractivity contribution in [2.75, 3.05) is 19.6 Å². The first-order valence-corrected chi connectivity index (χ1v) is 6.88. The molecule has 0 aromatic heterocycles. The van der Waals surface area contributed by atoms with E-state index < -0.39 is 5.97 Å². The summed E-state index contributed by atoms with van der Waals surface area (Å²) in [7, 11) is 0. The zero-order valence-corrected chi connectivity index (χ0v) is 10.7. The van der Waals surface area contributed by atoms with E-state index in [2.05, 4.69) is 4.90 Å². The van der Waals surface area contributed by atoms with Crippen LogP contribution >= 0.6 is 0 Å². The van der Waals surface area contributed by atoms with Crippen LogP contribution in [0, 0.1) is 0 Å². The molecule has 0 radical (unpaired) electrons. The third-order valence-electron chi connectivity index (χ3n) is 3.41. The van der Waals surface area contributed by atoms with Crippen molar-refractivity contribution in [3.8, 4) is 0 Å². The molecule has 1 atom stereocenters. The summed E-state index contributed by atoms with van der Waals surface area (Å²) in [6.45, 7) is 3.42. The lowest BCUT2D eigenvalue weighted by Gasteiger charge is -2.30. The van der Waals surface area contributed by atoms with Crippen LogP contribution in [0.3, 0.4) is 0 Å². The van der Waals surface area contributed by atoms with Crippen molar-refractivity contribution >= 4 is 5.97 Å². The number of carboxylic acids is 1. The first-order chi connectivity index (χ1) is 8.18. The Hall–Kier alpha value is -0.610. The Morgan fingerprint density at radius 3 is 2.65 bits per heavy atom. The van der Waals surface area contributed by atoms with Gasteiger partial charge in [0, 0.05) is 19.0 Å². The minimum atomic E-state index is -0.674. The lowest BCUT2D eigenvalue weighted by molar-refractivity contribution is -0.137. The van der Waals surface area contributed by atoms with Crippen molar-refractivity contribution in [2.24, 2.45) is 5.73 Å². The molecule has 3 N–H and O–H groups in total. The number of carbonyl (C=O) groups is 1. The predicted molar refractivity (Wildman–Crippen MR) is 69.0 cm³/mol. The molecule has 17 heavy (non-hydrogen) atoms. The third-order valence-corrected chi connectivity index (χ3v) is 3.41. The highest BCUT2D eigenvalue weighted by Gasteiger charge is 2.15. The van der Waals surface area contributed by atoms with E-state index in [9.17, 15) is 4.79 Å². The Kier molecular flexibility index (Phi) is 7.21. The summed E-state index contributed by atoms with van der Waals surface area (Å²) in [5.74, 6) is -0.674. The fourth-order valence-corrected chi connectivity index (χ4v) is 2.44. The zero-order chi connectivity index (χ0) is 12.5. The normalized spacial score (nSPS) is 21.6. The van der Waals surface area contributed by atoms with Crippen molar-refractivity contribution in [2.45, 2.75) is 57.4 Å². The monoisotopic (exact) mass is 242 g/mol. The Bertz CT molecular complexity index is 221. The number of likely N-dealkylation sites (tertiary alicyclic amines) is 1. The van der Waals surface area contributed by atoms with Gasteiger partial charge in [0.05, 0.1) is 0 Å². The first kappa shape index (κ1) is 14.5. The van der Waals surface area contributed by atoms with Crippen molar-refractivity contribution in [1.29, 1.82) is 0 Å². The molecular formula is C13H26N2O2. The van der Waals surface area contributed by atoms with Crippen LogP contribution in [0.15, 0.2) is 0 Å². The first-order valence-electron chi connectivity index (χ1n) is 6.88. The Morgan fingerprint density at radius 2 is 1.94 bits per heavy atom. The van der Waals surface area contributed by atoms with Gasteiger partial charge in [-0.15, -0.1) is 0 Å². The summed E-state index contributed by atoms with van der Waals surface area (Å²) in [5, 5.41) is 8.49. The molecule has 1 aliphatic rings. The fourth-order valence-electron chi connectivity index (χ4n) is 2.44. The predicted octanol–water partition coefficient (Wildman–Crippen LogP) is 1.83. The highest BCUT2D eigenvalue weighted by molar-refractivity contribution is 5.66. The minimum absolute atomic E-state index is 0.320. The molecule has 0 unspecified atom stereocenters. The molecule has 0 amide bonds. The summed E-state index contributed by atoms with van der Waals surface area (Å²) in [4.78, 5) is 12.8. The summed E-state index contributed by atoms with van der Waals surface area (Å²) >= 11 is 0. The molecule has 0 spiro atoms. The van der Waals surface area contributed by atoms with E-state index in [1.165, 1.54) is 32.2 Å². The number of nitrogens with two attached hydrogens (primary N) is 1. The number of aliphatic carboxylic acids is 1. The molecule has 1 heterocycles. The van der Waals surface area contributed by atoms with E-state index in [1.54, 1.807) is 0 Å². The average Bonchev–Trinajstić information content (AvgIpc) is 2.27. The summed E-state index contributed by atoms with van der Waals surface area (Å²) < 4.78 is 0. The fraction of sp³-hybridized carbons (Fsp3) is 0.923. The van der Waals surface area contributed by atoms with Gasteiger partial charge in [-0.2, -0.15) is 0 Å².